The first-order valence-electron chi connectivity index (χ1n) is 6.51. The van der Waals surface area contributed by atoms with Gasteiger partial charge >= 0.3 is 0 Å². The number of halogens is 1. The number of benzene rings is 2. The molecule has 3 rings (SSSR count). The molecule has 110 valence electrons. The largest absolute Gasteiger partial charge is 0.484 e. The number of hydrogen-bond donors (Lipinski definition) is 0. The van der Waals surface area contributed by atoms with E-state index in [1.165, 1.54) is 0 Å². The van der Waals surface area contributed by atoms with Gasteiger partial charge in [-0.05, 0) is 48.5 Å². The summed E-state index contributed by atoms with van der Waals surface area (Å²) in [7, 11) is 0. The third-order valence-corrected chi connectivity index (χ3v) is 3.20. The van der Waals surface area contributed by atoms with E-state index in [2.05, 4.69) is 10.1 Å². The molecule has 0 fully saturated rings. The molecule has 0 N–H and O–H groups in total. The lowest BCUT2D eigenvalue weighted by Gasteiger charge is -2.02. The maximum atomic E-state index is 10.6. The molecule has 0 aliphatic carbocycles. The van der Waals surface area contributed by atoms with Crippen molar-refractivity contribution in [2.75, 3.05) is 0 Å². The Labute approximate surface area is 131 Å². The number of aromatic nitrogens is 2. The van der Waals surface area contributed by atoms with Crippen LogP contribution in [0.1, 0.15) is 16.2 Å². The van der Waals surface area contributed by atoms with Gasteiger partial charge in [-0.1, -0.05) is 16.8 Å². The lowest BCUT2D eigenvalue weighted by atomic mass is 10.2. The number of nitrogens with zero attached hydrogens (tertiary/aromatic N) is 2. The van der Waals surface area contributed by atoms with Crippen LogP contribution in [-0.2, 0) is 6.61 Å². The van der Waals surface area contributed by atoms with Crippen LogP contribution in [0.25, 0.3) is 11.4 Å². The van der Waals surface area contributed by atoms with Gasteiger partial charge in [0.2, 0.25) is 5.82 Å². The van der Waals surface area contributed by atoms with Crippen molar-refractivity contribution in [1.29, 1.82) is 0 Å². The molecule has 5 nitrogen and oxygen atoms in total. The summed E-state index contributed by atoms with van der Waals surface area (Å²) in [5, 5.41) is 4.55. The second kappa shape index (κ2) is 6.41. The predicted octanol–water partition coefficient (Wildman–Crippen LogP) is 3.78. The molecule has 0 unspecified atom stereocenters. The Kier molecular flexibility index (Phi) is 4.16. The van der Waals surface area contributed by atoms with E-state index >= 15 is 0 Å². The summed E-state index contributed by atoms with van der Waals surface area (Å²) in [6.07, 6.45) is 0.778. The van der Waals surface area contributed by atoms with E-state index in [0.717, 1.165) is 11.8 Å². The highest BCUT2D eigenvalue weighted by Gasteiger charge is 2.09. The number of aldehydes is 1. The first kappa shape index (κ1) is 14.3. The number of rotatable bonds is 5. The molecular weight excluding hydrogens is 304 g/mol. The second-order valence-electron chi connectivity index (χ2n) is 4.49. The SMILES string of the molecule is O=Cc1ccc(OCc2nc(-c3ccc(Cl)cc3)no2)cc1. The van der Waals surface area contributed by atoms with Crippen molar-refractivity contribution >= 4 is 17.9 Å². The molecule has 1 aromatic heterocycles. The standard InChI is InChI=1S/C16H11ClN2O3/c17-13-5-3-12(4-6-13)16-18-15(22-19-16)10-21-14-7-1-11(9-20)2-8-14/h1-9H,10H2. The maximum Gasteiger partial charge on any atom is 0.264 e. The molecular formula is C16H11ClN2O3. The van der Waals surface area contributed by atoms with Gasteiger partial charge in [0.25, 0.3) is 5.89 Å². The van der Waals surface area contributed by atoms with Crippen molar-refractivity contribution in [1.82, 2.24) is 10.1 Å². The third kappa shape index (κ3) is 3.32. The van der Waals surface area contributed by atoms with Gasteiger partial charge in [0, 0.05) is 16.1 Å². The van der Waals surface area contributed by atoms with E-state index in [1.807, 2.05) is 12.1 Å². The van der Waals surface area contributed by atoms with E-state index in [0.29, 0.717) is 28.1 Å². The van der Waals surface area contributed by atoms with Crippen molar-refractivity contribution in [3.8, 4) is 17.1 Å². The summed E-state index contributed by atoms with van der Waals surface area (Å²) in [4.78, 5) is 14.8. The molecule has 6 heteroatoms. The summed E-state index contributed by atoms with van der Waals surface area (Å²) < 4.78 is 10.7. The van der Waals surface area contributed by atoms with Crippen molar-refractivity contribution in [3.63, 3.8) is 0 Å². The first-order chi connectivity index (χ1) is 10.7. The van der Waals surface area contributed by atoms with E-state index in [-0.39, 0.29) is 6.61 Å². The fourth-order valence-electron chi connectivity index (χ4n) is 1.82. The van der Waals surface area contributed by atoms with Crippen LogP contribution in [-0.4, -0.2) is 16.4 Å². The van der Waals surface area contributed by atoms with Gasteiger partial charge in [0.1, 0.15) is 12.0 Å². The maximum absolute atomic E-state index is 10.6. The smallest absolute Gasteiger partial charge is 0.264 e. The van der Waals surface area contributed by atoms with E-state index in [9.17, 15) is 4.79 Å². The Hall–Kier alpha value is -2.66. The Morgan fingerprint density at radius 2 is 1.82 bits per heavy atom. The van der Waals surface area contributed by atoms with Gasteiger partial charge in [-0.3, -0.25) is 4.79 Å². The molecule has 0 aliphatic rings. The summed E-state index contributed by atoms with van der Waals surface area (Å²) in [5.41, 5.74) is 1.41. The van der Waals surface area contributed by atoms with Gasteiger partial charge in [-0.25, -0.2) is 0 Å². The Bertz CT molecular complexity index is 767. The molecule has 0 amide bonds. The average Bonchev–Trinajstić information content (AvgIpc) is 3.03. The zero-order chi connectivity index (χ0) is 15.4. The fourth-order valence-corrected chi connectivity index (χ4v) is 1.94. The summed E-state index contributed by atoms with van der Waals surface area (Å²) >= 11 is 5.84. The van der Waals surface area contributed by atoms with Crippen molar-refractivity contribution in [2.24, 2.45) is 0 Å². The minimum atomic E-state index is 0.154. The molecule has 22 heavy (non-hydrogen) atoms. The van der Waals surface area contributed by atoms with Crippen LogP contribution in [0.5, 0.6) is 5.75 Å². The highest BCUT2D eigenvalue weighted by molar-refractivity contribution is 6.30. The third-order valence-electron chi connectivity index (χ3n) is 2.95. The molecule has 0 spiro atoms. The fraction of sp³-hybridized carbons (Fsp3) is 0.0625. The highest BCUT2D eigenvalue weighted by Crippen LogP contribution is 2.19. The molecule has 3 aromatic rings. The van der Waals surface area contributed by atoms with E-state index in [4.69, 9.17) is 20.9 Å². The van der Waals surface area contributed by atoms with E-state index in [1.54, 1.807) is 36.4 Å². The number of hydrogen-bond acceptors (Lipinski definition) is 5. The molecule has 1 heterocycles. The molecule has 0 radical (unpaired) electrons. The van der Waals surface area contributed by atoms with Crippen LogP contribution >= 0.6 is 11.6 Å². The van der Waals surface area contributed by atoms with Gasteiger partial charge < -0.3 is 9.26 Å². The quantitative estimate of drug-likeness (QED) is 0.670. The predicted molar refractivity (Wildman–Crippen MR) is 80.9 cm³/mol. The topological polar surface area (TPSA) is 65.2 Å². The minimum Gasteiger partial charge on any atom is -0.484 e. The van der Waals surface area contributed by atoms with Gasteiger partial charge in [0.05, 0.1) is 0 Å². The van der Waals surface area contributed by atoms with Crippen molar-refractivity contribution < 1.29 is 14.1 Å². The molecule has 0 aliphatic heterocycles. The van der Waals surface area contributed by atoms with Crippen LogP contribution < -0.4 is 4.74 Å². The zero-order valence-electron chi connectivity index (χ0n) is 11.4. The van der Waals surface area contributed by atoms with Crippen LogP contribution in [0.2, 0.25) is 5.02 Å². The monoisotopic (exact) mass is 314 g/mol. The lowest BCUT2D eigenvalue weighted by molar-refractivity contribution is 0.112. The first-order valence-corrected chi connectivity index (χ1v) is 6.89. The second-order valence-corrected chi connectivity index (χ2v) is 4.93. The van der Waals surface area contributed by atoms with Gasteiger partial charge in [-0.2, -0.15) is 4.98 Å². The van der Waals surface area contributed by atoms with Crippen LogP contribution in [0.3, 0.4) is 0 Å². The molecule has 0 bridgehead atoms. The number of ether oxygens (including phenoxy) is 1. The van der Waals surface area contributed by atoms with Gasteiger partial charge in [0.15, 0.2) is 6.61 Å². The normalized spacial score (nSPS) is 10.4. The average molecular weight is 315 g/mol. The van der Waals surface area contributed by atoms with E-state index < -0.39 is 0 Å². The Balaban J connectivity index is 1.66. The Morgan fingerprint density at radius 1 is 1.09 bits per heavy atom. The molecule has 2 aromatic carbocycles. The Morgan fingerprint density at radius 3 is 2.50 bits per heavy atom. The molecule has 0 atom stereocenters. The van der Waals surface area contributed by atoms with Gasteiger partial charge in [-0.15, -0.1) is 0 Å². The minimum absolute atomic E-state index is 0.154. The lowest BCUT2D eigenvalue weighted by Crippen LogP contribution is -1.95. The highest BCUT2D eigenvalue weighted by atomic mass is 35.5. The molecule has 0 saturated carbocycles. The number of carbonyl (C=O) groups is 1. The summed E-state index contributed by atoms with van der Waals surface area (Å²) in [6, 6.07) is 13.9. The van der Waals surface area contributed by atoms with Crippen LogP contribution in [0.4, 0.5) is 0 Å². The summed E-state index contributed by atoms with van der Waals surface area (Å²) in [6.45, 7) is 0.154. The van der Waals surface area contributed by atoms with Crippen LogP contribution in [0, 0.1) is 0 Å². The van der Waals surface area contributed by atoms with Crippen LogP contribution in [0.15, 0.2) is 53.1 Å². The van der Waals surface area contributed by atoms with Crippen molar-refractivity contribution in [3.05, 3.63) is 65.0 Å². The zero-order valence-corrected chi connectivity index (χ0v) is 12.2. The summed E-state index contributed by atoms with van der Waals surface area (Å²) in [5.74, 6) is 1.47. The van der Waals surface area contributed by atoms with Crippen molar-refractivity contribution in [2.45, 2.75) is 6.61 Å². The molecule has 0 saturated heterocycles. The number of carbonyl (C=O) groups excluding carboxylic acids is 1.